The van der Waals surface area contributed by atoms with Gasteiger partial charge in [-0.25, -0.2) is 0 Å². The summed E-state index contributed by atoms with van der Waals surface area (Å²) in [6, 6.07) is 1.42. The lowest BCUT2D eigenvalue weighted by molar-refractivity contribution is 0.306. The third kappa shape index (κ3) is 8.12. The first-order chi connectivity index (χ1) is 6.95. The zero-order valence-corrected chi connectivity index (χ0v) is 12.1. The van der Waals surface area contributed by atoms with Crippen molar-refractivity contribution in [1.29, 1.82) is 0 Å². The average Bonchev–Trinajstić information content (AvgIpc) is 2.16. The van der Waals surface area contributed by atoms with Crippen LogP contribution in [0.15, 0.2) is 0 Å². The molecule has 92 valence electrons. The molecule has 0 aromatic heterocycles. The second kappa shape index (κ2) is 8.43. The summed E-state index contributed by atoms with van der Waals surface area (Å²) in [6.07, 6.45) is 2.60. The summed E-state index contributed by atoms with van der Waals surface area (Å²) >= 11 is 2.09. The van der Waals surface area contributed by atoms with Gasteiger partial charge in [-0.1, -0.05) is 0 Å². The zero-order valence-electron chi connectivity index (χ0n) is 11.3. The van der Waals surface area contributed by atoms with E-state index in [2.05, 4.69) is 63.6 Å². The average molecular weight is 232 g/mol. The fourth-order valence-corrected chi connectivity index (χ4v) is 2.35. The maximum absolute atomic E-state index is 2.29. The van der Waals surface area contributed by atoms with Crippen LogP contribution in [0.4, 0.5) is 0 Å². The van der Waals surface area contributed by atoms with Crippen molar-refractivity contribution in [2.45, 2.75) is 38.8 Å². The molecule has 0 spiro atoms. The predicted octanol–water partition coefficient (Wildman–Crippen LogP) is 2.40. The van der Waals surface area contributed by atoms with Gasteiger partial charge in [-0.05, 0) is 66.4 Å². The smallest absolute Gasteiger partial charge is 0.00686 e. The lowest BCUT2D eigenvalue weighted by Gasteiger charge is -2.20. The minimum Gasteiger partial charge on any atom is -0.307 e. The van der Waals surface area contributed by atoms with E-state index in [0.29, 0.717) is 12.1 Å². The molecule has 0 fully saturated rings. The molecule has 3 heteroatoms. The molecule has 0 saturated heterocycles. The first kappa shape index (κ1) is 15.3. The molecule has 0 N–H and O–H groups in total. The molecule has 0 rings (SSSR count). The molecule has 0 saturated carbocycles. The highest BCUT2D eigenvalue weighted by Gasteiger charge is 2.05. The van der Waals surface area contributed by atoms with Gasteiger partial charge in [0.1, 0.15) is 0 Å². The van der Waals surface area contributed by atoms with Crippen LogP contribution in [0.2, 0.25) is 0 Å². The van der Waals surface area contributed by atoms with Crippen LogP contribution in [0, 0.1) is 0 Å². The normalized spacial score (nSPS) is 16.0. The third-order valence-corrected chi connectivity index (χ3v) is 4.17. The maximum atomic E-state index is 2.29. The molecule has 0 aliphatic heterocycles. The van der Waals surface area contributed by atoms with E-state index >= 15 is 0 Å². The molecular weight excluding hydrogens is 204 g/mol. The van der Waals surface area contributed by atoms with Gasteiger partial charge in [0.15, 0.2) is 0 Å². The summed E-state index contributed by atoms with van der Waals surface area (Å²) in [6.45, 7) is 4.59. The summed E-state index contributed by atoms with van der Waals surface area (Å²) < 4.78 is 0. The van der Waals surface area contributed by atoms with E-state index in [1.165, 1.54) is 24.3 Å². The second-order valence-corrected chi connectivity index (χ2v) is 6.04. The number of hydrogen-bond acceptors (Lipinski definition) is 3. The number of nitrogens with zero attached hydrogens (tertiary/aromatic N) is 2. The van der Waals surface area contributed by atoms with Crippen LogP contribution in [-0.2, 0) is 0 Å². The summed E-state index contributed by atoms with van der Waals surface area (Å²) in [4.78, 5) is 4.59. The Labute approximate surface area is 100 Å². The highest BCUT2D eigenvalue weighted by Crippen LogP contribution is 2.11. The Morgan fingerprint density at radius 1 is 0.800 bits per heavy atom. The van der Waals surface area contributed by atoms with E-state index < -0.39 is 0 Å². The summed E-state index contributed by atoms with van der Waals surface area (Å²) in [7, 11) is 8.62. The van der Waals surface area contributed by atoms with Crippen LogP contribution in [0.25, 0.3) is 0 Å². The Morgan fingerprint density at radius 2 is 1.13 bits per heavy atom. The standard InChI is InChI=1S/C12H28N2S/c1-11(13(3)4)7-9-15-10-8-12(2)14(5)6/h11-12H,7-10H2,1-6H3. The van der Waals surface area contributed by atoms with Crippen LogP contribution >= 0.6 is 11.8 Å². The zero-order chi connectivity index (χ0) is 11.8. The van der Waals surface area contributed by atoms with Gasteiger partial charge in [0.05, 0.1) is 0 Å². The molecule has 0 aromatic rings. The van der Waals surface area contributed by atoms with E-state index in [4.69, 9.17) is 0 Å². The van der Waals surface area contributed by atoms with Gasteiger partial charge in [0, 0.05) is 12.1 Å². The van der Waals surface area contributed by atoms with Gasteiger partial charge < -0.3 is 9.80 Å². The Bertz CT molecular complexity index is 133. The minimum atomic E-state index is 0.712. The highest BCUT2D eigenvalue weighted by atomic mass is 32.2. The molecule has 0 bridgehead atoms. The van der Waals surface area contributed by atoms with Crippen molar-refractivity contribution in [3.05, 3.63) is 0 Å². The maximum Gasteiger partial charge on any atom is 0.00686 e. The molecule has 2 nitrogen and oxygen atoms in total. The first-order valence-electron chi connectivity index (χ1n) is 5.85. The lowest BCUT2D eigenvalue weighted by atomic mass is 10.2. The Hall–Kier alpha value is 0.270. The van der Waals surface area contributed by atoms with Crippen molar-refractivity contribution in [1.82, 2.24) is 9.80 Å². The van der Waals surface area contributed by atoms with Gasteiger partial charge in [0.25, 0.3) is 0 Å². The van der Waals surface area contributed by atoms with Crippen LogP contribution in [-0.4, -0.2) is 61.6 Å². The molecule has 0 heterocycles. The highest BCUT2D eigenvalue weighted by molar-refractivity contribution is 7.99. The van der Waals surface area contributed by atoms with Crippen LogP contribution < -0.4 is 0 Å². The molecular formula is C12H28N2S. The monoisotopic (exact) mass is 232 g/mol. The van der Waals surface area contributed by atoms with Crippen molar-refractivity contribution in [3.8, 4) is 0 Å². The molecule has 15 heavy (non-hydrogen) atoms. The van der Waals surface area contributed by atoms with Gasteiger partial charge in [0.2, 0.25) is 0 Å². The van der Waals surface area contributed by atoms with E-state index in [-0.39, 0.29) is 0 Å². The molecule has 0 aliphatic carbocycles. The molecule has 0 aromatic carbocycles. The van der Waals surface area contributed by atoms with Crippen molar-refractivity contribution in [3.63, 3.8) is 0 Å². The van der Waals surface area contributed by atoms with Gasteiger partial charge in [-0.3, -0.25) is 0 Å². The van der Waals surface area contributed by atoms with Crippen LogP contribution in [0.5, 0.6) is 0 Å². The summed E-state index contributed by atoms with van der Waals surface area (Å²) in [5.41, 5.74) is 0. The first-order valence-corrected chi connectivity index (χ1v) is 7.01. The molecule has 0 aliphatic rings. The predicted molar refractivity (Wildman–Crippen MR) is 72.9 cm³/mol. The Balaban J connectivity index is 3.32. The number of hydrogen-bond donors (Lipinski definition) is 0. The Kier molecular flexibility index (Phi) is 8.58. The topological polar surface area (TPSA) is 6.48 Å². The SMILES string of the molecule is CC(CCSCCC(C)N(C)C)N(C)C. The van der Waals surface area contributed by atoms with Crippen LogP contribution in [0.1, 0.15) is 26.7 Å². The number of thioether (sulfide) groups is 1. The van der Waals surface area contributed by atoms with Gasteiger partial charge in [-0.2, -0.15) is 11.8 Å². The summed E-state index contributed by atoms with van der Waals surface area (Å²) in [5.74, 6) is 2.58. The van der Waals surface area contributed by atoms with Gasteiger partial charge in [-0.15, -0.1) is 0 Å². The molecule has 2 atom stereocenters. The Morgan fingerprint density at radius 3 is 1.40 bits per heavy atom. The number of rotatable bonds is 8. The quantitative estimate of drug-likeness (QED) is 0.593. The minimum absolute atomic E-state index is 0.712. The van der Waals surface area contributed by atoms with Crippen molar-refractivity contribution in [2.75, 3.05) is 39.7 Å². The molecule has 2 unspecified atom stereocenters. The second-order valence-electron chi connectivity index (χ2n) is 4.81. The van der Waals surface area contributed by atoms with Crippen molar-refractivity contribution in [2.24, 2.45) is 0 Å². The molecule has 0 amide bonds. The van der Waals surface area contributed by atoms with E-state index in [0.717, 1.165) is 0 Å². The third-order valence-electron chi connectivity index (χ3n) is 3.12. The van der Waals surface area contributed by atoms with E-state index in [1.54, 1.807) is 0 Å². The fraction of sp³-hybridized carbons (Fsp3) is 1.00. The van der Waals surface area contributed by atoms with Crippen molar-refractivity contribution >= 4 is 11.8 Å². The van der Waals surface area contributed by atoms with Crippen LogP contribution in [0.3, 0.4) is 0 Å². The van der Waals surface area contributed by atoms with Crippen molar-refractivity contribution < 1.29 is 0 Å². The molecule has 0 radical (unpaired) electrons. The fourth-order valence-electron chi connectivity index (χ4n) is 1.13. The largest absolute Gasteiger partial charge is 0.307 e. The lowest BCUT2D eigenvalue weighted by Crippen LogP contribution is -2.26. The van der Waals surface area contributed by atoms with E-state index in [1.807, 2.05) is 0 Å². The van der Waals surface area contributed by atoms with Gasteiger partial charge >= 0.3 is 0 Å². The van der Waals surface area contributed by atoms with E-state index in [9.17, 15) is 0 Å². The summed E-state index contributed by atoms with van der Waals surface area (Å²) in [5, 5.41) is 0.